The number of fused-ring (bicyclic) bond motifs is 1. The Balaban J connectivity index is 1.49. The van der Waals surface area contributed by atoms with Gasteiger partial charge in [0, 0.05) is 26.6 Å². The maximum absolute atomic E-state index is 12.1. The van der Waals surface area contributed by atoms with Gasteiger partial charge in [0.05, 0.1) is 12.6 Å². The summed E-state index contributed by atoms with van der Waals surface area (Å²) in [6.45, 7) is 3.31. The van der Waals surface area contributed by atoms with Crippen molar-refractivity contribution < 1.29 is 23.8 Å². The van der Waals surface area contributed by atoms with Gasteiger partial charge < -0.3 is 24.4 Å². The predicted octanol–water partition coefficient (Wildman–Crippen LogP) is 1.06. The van der Waals surface area contributed by atoms with Gasteiger partial charge in [0.15, 0.2) is 11.5 Å². The molecule has 1 aromatic carbocycles. The van der Waals surface area contributed by atoms with Crippen LogP contribution in [0.4, 0.5) is 0 Å². The minimum atomic E-state index is -0.194. The molecule has 0 radical (unpaired) electrons. The Bertz CT molecular complexity index is 613. The second-order valence-corrected chi connectivity index (χ2v) is 6.00. The number of hydrogen-bond donors (Lipinski definition) is 1. The van der Waals surface area contributed by atoms with Crippen molar-refractivity contribution in [2.75, 3.05) is 26.5 Å². The van der Waals surface area contributed by atoms with Crippen molar-refractivity contribution >= 4 is 11.8 Å². The first-order valence-corrected chi connectivity index (χ1v) is 8.14. The van der Waals surface area contributed by atoms with Gasteiger partial charge >= 0.3 is 0 Å². The zero-order chi connectivity index (χ0) is 16.9. The third-order valence-electron chi connectivity index (χ3n) is 4.15. The second kappa shape index (κ2) is 7.53. The van der Waals surface area contributed by atoms with E-state index in [1.807, 2.05) is 18.2 Å². The molecule has 2 aliphatic rings. The highest BCUT2D eigenvalue weighted by molar-refractivity contribution is 5.83. The van der Waals surface area contributed by atoms with Crippen molar-refractivity contribution in [3.8, 4) is 11.5 Å². The number of amides is 2. The van der Waals surface area contributed by atoms with Crippen molar-refractivity contribution in [3.63, 3.8) is 0 Å². The van der Waals surface area contributed by atoms with Crippen LogP contribution >= 0.6 is 0 Å². The van der Waals surface area contributed by atoms with Crippen LogP contribution in [0.1, 0.15) is 25.3 Å². The van der Waals surface area contributed by atoms with Crippen LogP contribution in [-0.2, 0) is 20.9 Å². The first-order chi connectivity index (χ1) is 11.6. The molecule has 0 bridgehead atoms. The van der Waals surface area contributed by atoms with E-state index in [9.17, 15) is 9.59 Å². The lowest BCUT2D eigenvalue weighted by molar-refractivity contribution is -0.135. The van der Waals surface area contributed by atoms with Crippen molar-refractivity contribution in [1.82, 2.24) is 10.2 Å². The molecule has 2 heterocycles. The number of nitrogens with zero attached hydrogens (tertiary/aromatic N) is 1. The molecule has 1 unspecified atom stereocenters. The minimum Gasteiger partial charge on any atom is -0.454 e. The Morgan fingerprint density at radius 1 is 1.29 bits per heavy atom. The van der Waals surface area contributed by atoms with Crippen molar-refractivity contribution in [1.29, 1.82) is 0 Å². The van der Waals surface area contributed by atoms with Gasteiger partial charge in [0.1, 0.15) is 0 Å². The molecular formula is C17H22N2O5. The largest absolute Gasteiger partial charge is 0.454 e. The highest BCUT2D eigenvalue weighted by atomic mass is 16.7. The van der Waals surface area contributed by atoms with Gasteiger partial charge in [0.25, 0.3) is 0 Å². The summed E-state index contributed by atoms with van der Waals surface area (Å²) in [4.78, 5) is 25.4. The molecular weight excluding hydrogens is 312 g/mol. The van der Waals surface area contributed by atoms with E-state index in [0.29, 0.717) is 24.6 Å². The lowest BCUT2D eigenvalue weighted by Gasteiger charge is -2.23. The number of ether oxygens (including phenoxy) is 3. The average molecular weight is 334 g/mol. The zero-order valence-electron chi connectivity index (χ0n) is 13.7. The van der Waals surface area contributed by atoms with Crippen LogP contribution in [0.15, 0.2) is 18.2 Å². The minimum absolute atomic E-state index is 0.0376. The van der Waals surface area contributed by atoms with E-state index in [-0.39, 0.29) is 31.3 Å². The maximum atomic E-state index is 12.1. The summed E-state index contributed by atoms with van der Waals surface area (Å²) in [5.74, 6) is 1.08. The van der Waals surface area contributed by atoms with Crippen LogP contribution in [0.25, 0.3) is 0 Å². The van der Waals surface area contributed by atoms with Crippen LogP contribution in [0.5, 0.6) is 11.5 Å². The molecule has 24 heavy (non-hydrogen) atoms. The van der Waals surface area contributed by atoms with Gasteiger partial charge in [-0.1, -0.05) is 6.07 Å². The van der Waals surface area contributed by atoms with Crippen LogP contribution in [-0.4, -0.2) is 49.3 Å². The number of hydrogen-bond acceptors (Lipinski definition) is 5. The molecule has 3 rings (SSSR count). The van der Waals surface area contributed by atoms with E-state index < -0.39 is 0 Å². The van der Waals surface area contributed by atoms with E-state index in [1.165, 1.54) is 11.8 Å². The lowest BCUT2D eigenvalue weighted by Crippen LogP contribution is -2.43. The van der Waals surface area contributed by atoms with Crippen LogP contribution in [0.2, 0.25) is 0 Å². The van der Waals surface area contributed by atoms with Gasteiger partial charge in [-0.2, -0.15) is 0 Å². The third kappa shape index (κ3) is 4.17. The summed E-state index contributed by atoms with van der Waals surface area (Å²) in [7, 11) is 0. The summed E-state index contributed by atoms with van der Waals surface area (Å²) in [6, 6.07) is 5.55. The van der Waals surface area contributed by atoms with Crippen LogP contribution in [0, 0.1) is 0 Å². The van der Waals surface area contributed by atoms with Crippen molar-refractivity contribution in [3.05, 3.63) is 23.8 Å². The monoisotopic (exact) mass is 334 g/mol. The Morgan fingerprint density at radius 2 is 2.12 bits per heavy atom. The number of benzene rings is 1. The Kier molecular flexibility index (Phi) is 5.20. The quantitative estimate of drug-likeness (QED) is 0.842. The lowest BCUT2D eigenvalue weighted by atomic mass is 10.2. The summed E-state index contributed by atoms with van der Waals surface area (Å²) in [5, 5.41) is 2.83. The molecule has 1 N–H and O–H groups in total. The second-order valence-electron chi connectivity index (χ2n) is 6.00. The predicted molar refractivity (Wildman–Crippen MR) is 85.6 cm³/mol. The number of rotatable bonds is 6. The molecule has 1 atom stereocenters. The molecule has 7 nitrogen and oxygen atoms in total. The fourth-order valence-corrected chi connectivity index (χ4v) is 2.82. The van der Waals surface area contributed by atoms with E-state index in [4.69, 9.17) is 14.2 Å². The zero-order valence-corrected chi connectivity index (χ0v) is 13.7. The highest BCUT2D eigenvalue weighted by Crippen LogP contribution is 2.32. The van der Waals surface area contributed by atoms with E-state index in [0.717, 1.165) is 25.0 Å². The number of carbonyl (C=O) groups is 2. The molecule has 1 aromatic rings. The number of carbonyl (C=O) groups excluding carboxylic acids is 2. The summed E-state index contributed by atoms with van der Waals surface area (Å²) < 4.78 is 16.1. The van der Waals surface area contributed by atoms with Gasteiger partial charge in [-0.15, -0.1) is 0 Å². The first-order valence-electron chi connectivity index (χ1n) is 8.14. The highest BCUT2D eigenvalue weighted by Gasteiger charge is 2.22. The van der Waals surface area contributed by atoms with Crippen molar-refractivity contribution in [2.24, 2.45) is 0 Å². The van der Waals surface area contributed by atoms with E-state index >= 15 is 0 Å². The van der Waals surface area contributed by atoms with Crippen LogP contribution < -0.4 is 14.8 Å². The van der Waals surface area contributed by atoms with Gasteiger partial charge in [-0.05, 0) is 30.5 Å². The molecule has 130 valence electrons. The van der Waals surface area contributed by atoms with Gasteiger partial charge in [-0.3, -0.25) is 9.59 Å². The molecule has 7 heteroatoms. The van der Waals surface area contributed by atoms with E-state index in [2.05, 4.69) is 5.32 Å². The fourth-order valence-electron chi connectivity index (χ4n) is 2.82. The SMILES string of the molecule is CC(=O)N(CC(=O)NCc1ccc2c(c1)OCO2)CC1CCCO1. The standard InChI is InChI=1S/C17H22N2O5/c1-12(20)19(9-14-3-2-6-22-14)10-17(21)18-8-13-4-5-15-16(7-13)24-11-23-15/h4-5,7,14H,2-3,6,8-11H2,1H3,(H,18,21). The molecule has 2 amide bonds. The molecule has 0 saturated carbocycles. The molecule has 1 saturated heterocycles. The van der Waals surface area contributed by atoms with E-state index in [1.54, 1.807) is 0 Å². The molecule has 0 aliphatic carbocycles. The third-order valence-corrected chi connectivity index (χ3v) is 4.15. The Labute approximate surface area is 140 Å². The Hall–Kier alpha value is -2.28. The van der Waals surface area contributed by atoms with Crippen molar-refractivity contribution in [2.45, 2.75) is 32.4 Å². The molecule has 0 spiro atoms. The summed E-state index contributed by atoms with van der Waals surface area (Å²) in [5.41, 5.74) is 0.918. The van der Waals surface area contributed by atoms with Crippen LogP contribution in [0.3, 0.4) is 0 Å². The molecule has 0 aromatic heterocycles. The maximum Gasteiger partial charge on any atom is 0.239 e. The number of nitrogens with one attached hydrogen (secondary N) is 1. The smallest absolute Gasteiger partial charge is 0.239 e. The Morgan fingerprint density at radius 3 is 2.88 bits per heavy atom. The molecule has 2 aliphatic heterocycles. The first kappa shape index (κ1) is 16.6. The average Bonchev–Trinajstić information content (AvgIpc) is 3.23. The van der Waals surface area contributed by atoms with Gasteiger partial charge in [-0.25, -0.2) is 0 Å². The molecule has 1 fully saturated rings. The summed E-state index contributed by atoms with van der Waals surface area (Å²) in [6.07, 6.45) is 1.98. The van der Waals surface area contributed by atoms with Gasteiger partial charge in [0.2, 0.25) is 18.6 Å². The fraction of sp³-hybridized carbons (Fsp3) is 0.529. The normalized spacial score (nSPS) is 18.5. The summed E-state index contributed by atoms with van der Waals surface area (Å²) >= 11 is 0. The topological polar surface area (TPSA) is 77.1 Å².